The normalized spacial score (nSPS) is 19.5. The highest BCUT2D eigenvalue weighted by Crippen LogP contribution is 2.36. The smallest absolute Gasteiger partial charge is 0.317 e. The molecule has 1 aliphatic carbocycles. The highest BCUT2D eigenvalue weighted by atomic mass is 16.5. The second-order valence-electron chi connectivity index (χ2n) is 6.60. The summed E-state index contributed by atoms with van der Waals surface area (Å²) >= 11 is 0. The van der Waals surface area contributed by atoms with Crippen molar-refractivity contribution in [1.82, 2.24) is 15.4 Å². The zero-order chi connectivity index (χ0) is 16.6. The molecule has 0 spiro atoms. The van der Waals surface area contributed by atoms with Gasteiger partial charge >= 0.3 is 6.03 Å². The Kier molecular flexibility index (Phi) is 4.11. The standard InChI is InChI=1S/C18H23N3O2/c1-11-5-6-14-8-12(2)17(16(14)7-11)19-18(22)21(4)10-15-9-13(3)23-20-15/h5-7,9,12,17H,8,10H2,1-4H3,(H,19,22)/t12-,17+/m1/s1. The summed E-state index contributed by atoms with van der Waals surface area (Å²) < 4.78 is 5.05. The predicted octanol–water partition coefficient (Wildman–Crippen LogP) is 3.37. The van der Waals surface area contributed by atoms with Crippen LogP contribution in [-0.2, 0) is 13.0 Å². The summed E-state index contributed by atoms with van der Waals surface area (Å²) in [6.45, 7) is 6.55. The summed E-state index contributed by atoms with van der Waals surface area (Å²) in [5.41, 5.74) is 4.57. The first kappa shape index (κ1) is 15.6. The molecule has 5 heteroatoms. The molecule has 0 radical (unpaired) electrons. The number of rotatable bonds is 3. The Labute approximate surface area is 136 Å². The number of hydrogen-bond donors (Lipinski definition) is 1. The van der Waals surface area contributed by atoms with Crippen molar-refractivity contribution in [3.63, 3.8) is 0 Å². The summed E-state index contributed by atoms with van der Waals surface area (Å²) in [5, 5.41) is 7.10. The lowest BCUT2D eigenvalue weighted by molar-refractivity contribution is 0.198. The Morgan fingerprint density at radius 3 is 2.87 bits per heavy atom. The number of nitrogens with one attached hydrogen (secondary N) is 1. The van der Waals surface area contributed by atoms with Gasteiger partial charge in [0, 0.05) is 13.1 Å². The Bertz CT molecular complexity index is 723. The van der Waals surface area contributed by atoms with E-state index < -0.39 is 0 Å². The second kappa shape index (κ2) is 6.07. The third-order valence-corrected chi connectivity index (χ3v) is 4.45. The molecule has 0 aliphatic heterocycles. The number of aryl methyl sites for hydroxylation is 2. The van der Waals surface area contributed by atoms with Gasteiger partial charge in [0.05, 0.1) is 12.6 Å². The fraction of sp³-hybridized carbons (Fsp3) is 0.444. The van der Waals surface area contributed by atoms with E-state index in [1.54, 1.807) is 11.9 Å². The Morgan fingerprint density at radius 1 is 1.39 bits per heavy atom. The minimum absolute atomic E-state index is 0.0684. The summed E-state index contributed by atoms with van der Waals surface area (Å²) in [6.07, 6.45) is 1.01. The van der Waals surface area contributed by atoms with Crippen LogP contribution in [0.25, 0.3) is 0 Å². The van der Waals surface area contributed by atoms with Crippen LogP contribution >= 0.6 is 0 Å². The third-order valence-electron chi connectivity index (χ3n) is 4.45. The van der Waals surface area contributed by atoms with E-state index in [0.717, 1.165) is 17.9 Å². The average Bonchev–Trinajstić information content (AvgIpc) is 3.03. The lowest BCUT2D eigenvalue weighted by atomic mass is 10.0. The molecule has 0 unspecified atom stereocenters. The molecule has 5 nitrogen and oxygen atoms in total. The maximum absolute atomic E-state index is 12.5. The number of fused-ring (bicyclic) bond motifs is 1. The van der Waals surface area contributed by atoms with Crippen LogP contribution in [0, 0.1) is 19.8 Å². The molecular weight excluding hydrogens is 290 g/mol. The molecular formula is C18H23N3O2. The van der Waals surface area contributed by atoms with Crippen molar-refractivity contribution >= 4 is 6.03 Å². The van der Waals surface area contributed by atoms with Crippen LogP contribution in [0.2, 0.25) is 0 Å². The van der Waals surface area contributed by atoms with E-state index in [1.165, 1.54) is 16.7 Å². The lowest BCUT2D eigenvalue weighted by Gasteiger charge is -2.23. The molecule has 23 heavy (non-hydrogen) atoms. The monoisotopic (exact) mass is 313 g/mol. The van der Waals surface area contributed by atoms with Crippen molar-refractivity contribution in [1.29, 1.82) is 0 Å². The second-order valence-corrected chi connectivity index (χ2v) is 6.60. The van der Waals surface area contributed by atoms with E-state index in [-0.39, 0.29) is 12.1 Å². The van der Waals surface area contributed by atoms with Gasteiger partial charge in [0.15, 0.2) is 0 Å². The van der Waals surface area contributed by atoms with Crippen LogP contribution in [-0.4, -0.2) is 23.1 Å². The van der Waals surface area contributed by atoms with Crippen LogP contribution in [0.4, 0.5) is 4.79 Å². The van der Waals surface area contributed by atoms with Gasteiger partial charge in [-0.1, -0.05) is 35.8 Å². The van der Waals surface area contributed by atoms with Crippen molar-refractivity contribution in [2.24, 2.45) is 5.92 Å². The molecule has 2 aromatic rings. The third kappa shape index (κ3) is 3.23. The van der Waals surface area contributed by atoms with E-state index in [9.17, 15) is 4.79 Å². The van der Waals surface area contributed by atoms with Gasteiger partial charge in [0.25, 0.3) is 0 Å². The van der Waals surface area contributed by atoms with E-state index in [2.05, 4.69) is 42.5 Å². The van der Waals surface area contributed by atoms with Crippen LogP contribution in [0.5, 0.6) is 0 Å². The number of aromatic nitrogens is 1. The molecule has 0 bridgehead atoms. The van der Waals surface area contributed by atoms with Crippen LogP contribution in [0.3, 0.4) is 0 Å². The molecule has 1 aromatic carbocycles. The van der Waals surface area contributed by atoms with E-state index in [1.807, 2.05) is 13.0 Å². The van der Waals surface area contributed by atoms with Crippen molar-refractivity contribution in [2.75, 3.05) is 7.05 Å². The van der Waals surface area contributed by atoms with Crippen LogP contribution < -0.4 is 5.32 Å². The maximum Gasteiger partial charge on any atom is 0.317 e. The van der Waals surface area contributed by atoms with Gasteiger partial charge in [0.2, 0.25) is 0 Å². The molecule has 0 saturated carbocycles. The molecule has 2 amide bonds. The molecule has 1 aliphatic rings. The number of hydrogen-bond acceptors (Lipinski definition) is 3. The maximum atomic E-state index is 12.5. The molecule has 1 N–H and O–H groups in total. The predicted molar refractivity (Wildman–Crippen MR) is 88.0 cm³/mol. The van der Waals surface area contributed by atoms with E-state index in [0.29, 0.717) is 12.5 Å². The van der Waals surface area contributed by atoms with Gasteiger partial charge in [-0.2, -0.15) is 0 Å². The van der Waals surface area contributed by atoms with Gasteiger partial charge in [-0.05, 0) is 37.3 Å². The van der Waals surface area contributed by atoms with E-state index >= 15 is 0 Å². The zero-order valence-electron chi connectivity index (χ0n) is 14.1. The fourth-order valence-corrected chi connectivity index (χ4v) is 3.23. The first-order valence-corrected chi connectivity index (χ1v) is 7.97. The molecule has 0 fully saturated rings. The van der Waals surface area contributed by atoms with Gasteiger partial charge in [-0.3, -0.25) is 0 Å². The largest absolute Gasteiger partial charge is 0.361 e. The topological polar surface area (TPSA) is 58.4 Å². The number of amides is 2. The number of nitrogens with zero attached hydrogens (tertiary/aromatic N) is 2. The van der Waals surface area contributed by atoms with E-state index in [4.69, 9.17) is 4.52 Å². The first-order chi connectivity index (χ1) is 10.9. The van der Waals surface area contributed by atoms with Gasteiger partial charge in [0.1, 0.15) is 11.5 Å². The molecule has 2 atom stereocenters. The summed E-state index contributed by atoms with van der Waals surface area (Å²) in [4.78, 5) is 14.1. The van der Waals surface area contributed by atoms with Crippen molar-refractivity contribution in [3.05, 3.63) is 52.4 Å². The lowest BCUT2D eigenvalue weighted by Crippen LogP contribution is -2.40. The summed E-state index contributed by atoms with van der Waals surface area (Å²) in [6, 6.07) is 8.32. The van der Waals surface area contributed by atoms with Crippen LogP contribution in [0.1, 0.15) is 41.1 Å². The summed E-state index contributed by atoms with van der Waals surface area (Å²) in [5.74, 6) is 1.15. The molecule has 1 heterocycles. The van der Waals surface area contributed by atoms with Crippen molar-refractivity contribution in [3.8, 4) is 0 Å². The Hall–Kier alpha value is -2.30. The highest BCUT2D eigenvalue weighted by Gasteiger charge is 2.31. The molecule has 1 aromatic heterocycles. The number of benzene rings is 1. The van der Waals surface area contributed by atoms with Crippen molar-refractivity contribution < 1.29 is 9.32 Å². The zero-order valence-corrected chi connectivity index (χ0v) is 14.1. The van der Waals surface area contributed by atoms with Crippen molar-refractivity contribution in [2.45, 2.75) is 39.8 Å². The molecule has 122 valence electrons. The number of carbonyl (C=O) groups is 1. The molecule has 3 rings (SSSR count). The SMILES string of the molecule is Cc1ccc2c(c1)[C@@H](NC(=O)N(C)Cc1cc(C)on1)[C@H](C)C2. The quantitative estimate of drug-likeness (QED) is 0.945. The van der Waals surface area contributed by atoms with Gasteiger partial charge in [-0.15, -0.1) is 0 Å². The summed E-state index contributed by atoms with van der Waals surface area (Å²) in [7, 11) is 1.77. The highest BCUT2D eigenvalue weighted by molar-refractivity contribution is 5.74. The van der Waals surface area contributed by atoms with Gasteiger partial charge in [-0.25, -0.2) is 4.79 Å². The van der Waals surface area contributed by atoms with Gasteiger partial charge < -0.3 is 14.7 Å². The Morgan fingerprint density at radius 2 is 2.17 bits per heavy atom. The minimum Gasteiger partial charge on any atom is -0.361 e. The van der Waals surface area contributed by atoms with Crippen LogP contribution in [0.15, 0.2) is 28.8 Å². The number of carbonyl (C=O) groups excluding carboxylic acids is 1. The Balaban J connectivity index is 1.69. The number of urea groups is 1. The molecule has 0 saturated heterocycles. The average molecular weight is 313 g/mol. The fourth-order valence-electron chi connectivity index (χ4n) is 3.23. The first-order valence-electron chi connectivity index (χ1n) is 7.97. The minimum atomic E-state index is -0.0862.